The molecule has 0 fully saturated rings. The summed E-state index contributed by atoms with van der Waals surface area (Å²) in [6.45, 7) is 10.5. The zero-order chi connectivity index (χ0) is 19.9. The van der Waals surface area contributed by atoms with E-state index < -0.39 is 0 Å². The summed E-state index contributed by atoms with van der Waals surface area (Å²) in [6.07, 6.45) is 22.4. The molecule has 1 aliphatic rings. The molecule has 1 aromatic carbocycles. The monoisotopic (exact) mass is 360 g/mol. The van der Waals surface area contributed by atoms with Crippen molar-refractivity contribution >= 4 is 5.57 Å². The highest BCUT2D eigenvalue weighted by Gasteiger charge is 2.05. The van der Waals surface area contributed by atoms with Crippen LogP contribution in [-0.2, 0) is 0 Å². The van der Waals surface area contributed by atoms with Crippen molar-refractivity contribution < 1.29 is 0 Å². The first-order valence-corrected chi connectivity index (χ1v) is 10.1. The van der Waals surface area contributed by atoms with Gasteiger partial charge in [0, 0.05) is 0 Å². The molecule has 0 saturated heterocycles. The minimum Gasteiger partial charge on any atom is -0.0877 e. The molecule has 0 saturated carbocycles. The van der Waals surface area contributed by atoms with Crippen molar-refractivity contribution in [3.63, 3.8) is 0 Å². The highest BCUT2D eigenvalue weighted by Crippen LogP contribution is 2.24. The molecule has 0 atom stereocenters. The zero-order valence-electron chi connectivity index (χ0n) is 17.8. The summed E-state index contributed by atoms with van der Waals surface area (Å²) in [4.78, 5) is 0. The molecular weight excluding hydrogens is 324 g/mol. The highest BCUT2D eigenvalue weighted by molar-refractivity contribution is 5.74. The SMILES string of the molecule is C/C=C\C=C/C1=C(C)CCCC1.C\C=C(C)/C=C\C(=C/C)c1ccccc1. The highest BCUT2D eigenvalue weighted by atomic mass is 14.1. The van der Waals surface area contributed by atoms with Crippen LogP contribution >= 0.6 is 0 Å². The van der Waals surface area contributed by atoms with Gasteiger partial charge in [-0.2, -0.15) is 0 Å². The van der Waals surface area contributed by atoms with Gasteiger partial charge in [0.25, 0.3) is 0 Å². The lowest BCUT2D eigenvalue weighted by atomic mass is 9.92. The Morgan fingerprint density at radius 2 is 1.56 bits per heavy atom. The Balaban J connectivity index is 0.000000277. The van der Waals surface area contributed by atoms with Crippen LogP contribution in [0.2, 0.25) is 0 Å². The third-order valence-electron chi connectivity index (χ3n) is 4.80. The molecule has 0 radical (unpaired) electrons. The average Bonchev–Trinajstić information content (AvgIpc) is 2.71. The number of rotatable bonds is 5. The predicted octanol–water partition coefficient (Wildman–Crippen LogP) is 8.62. The fourth-order valence-electron chi connectivity index (χ4n) is 2.90. The van der Waals surface area contributed by atoms with Crippen LogP contribution < -0.4 is 0 Å². The molecule has 144 valence electrons. The van der Waals surface area contributed by atoms with Gasteiger partial charge in [-0.05, 0) is 77.0 Å². The fraction of sp³-hybridized carbons (Fsp3) is 0.333. The van der Waals surface area contributed by atoms with E-state index >= 15 is 0 Å². The molecule has 1 aromatic rings. The molecule has 0 N–H and O–H groups in total. The van der Waals surface area contributed by atoms with E-state index in [0.29, 0.717) is 0 Å². The largest absolute Gasteiger partial charge is 0.0877 e. The van der Waals surface area contributed by atoms with Gasteiger partial charge in [0.2, 0.25) is 0 Å². The molecule has 0 aromatic heterocycles. The standard InChI is InChI=1S/C15H18.C12H18/c1-4-13(3)11-12-14(5-2)15-9-7-6-8-10-15;1-3-4-5-9-12-10-7-6-8-11(12)2/h4-12H,1-3H3;3-5,9H,6-8,10H2,1-2H3/b12-11-,13-4-,14-5+;4-3-,9-5-. The molecule has 2 rings (SSSR count). The lowest BCUT2D eigenvalue weighted by Gasteiger charge is -2.13. The molecule has 0 amide bonds. The molecule has 1 aliphatic carbocycles. The van der Waals surface area contributed by atoms with Gasteiger partial charge < -0.3 is 0 Å². The van der Waals surface area contributed by atoms with Crippen LogP contribution in [0.5, 0.6) is 0 Å². The van der Waals surface area contributed by atoms with Gasteiger partial charge in [-0.1, -0.05) is 90.1 Å². The molecule has 0 heterocycles. The second kappa shape index (κ2) is 13.8. The molecule has 27 heavy (non-hydrogen) atoms. The van der Waals surface area contributed by atoms with E-state index in [4.69, 9.17) is 0 Å². The Morgan fingerprint density at radius 3 is 2.15 bits per heavy atom. The maximum Gasteiger partial charge on any atom is -0.0187 e. The molecule has 0 unspecified atom stereocenters. The normalized spacial score (nSPS) is 16.3. The van der Waals surface area contributed by atoms with Crippen LogP contribution in [0.4, 0.5) is 0 Å². The Morgan fingerprint density at radius 1 is 0.852 bits per heavy atom. The van der Waals surface area contributed by atoms with Crippen molar-refractivity contribution in [1.82, 2.24) is 0 Å². The van der Waals surface area contributed by atoms with E-state index in [1.807, 2.05) is 13.0 Å². The van der Waals surface area contributed by atoms with Gasteiger partial charge in [-0.25, -0.2) is 0 Å². The molecule has 0 spiro atoms. The van der Waals surface area contributed by atoms with Crippen LogP contribution in [0, 0.1) is 0 Å². The summed E-state index contributed by atoms with van der Waals surface area (Å²) in [6, 6.07) is 10.4. The maximum atomic E-state index is 2.26. The van der Waals surface area contributed by atoms with E-state index in [2.05, 4.69) is 101 Å². The quantitative estimate of drug-likeness (QED) is 0.461. The smallest absolute Gasteiger partial charge is 0.0187 e. The van der Waals surface area contributed by atoms with Crippen LogP contribution in [0.25, 0.3) is 5.57 Å². The second-order valence-electron chi connectivity index (χ2n) is 6.87. The van der Waals surface area contributed by atoms with Crippen molar-refractivity contribution in [1.29, 1.82) is 0 Å². The Bertz CT molecular complexity index is 719. The van der Waals surface area contributed by atoms with Gasteiger partial charge in [0.15, 0.2) is 0 Å². The Kier molecular flexibility index (Phi) is 11.6. The van der Waals surface area contributed by atoms with Crippen LogP contribution in [0.1, 0.15) is 65.9 Å². The van der Waals surface area contributed by atoms with E-state index in [0.717, 1.165) is 0 Å². The van der Waals surface area contributed by atoms with Gasteiger partial charge in [0.1, 0.15) is 0 Å². The van der Waals surface area contributed by atoms with Crippen molar-refractivity contribution in [2.75, 3.05) is 0 Å². The molecule has 0 heteroatoms. The van der Waals surface area contributed by atoms with Gasteiger partial charge in [-0.3, -0.25) is 0 Å². The second-order valence-corrected chi connectivity index (χ2v) is 6.87. The first-order valence-electron chi connectivity index (χ1n) is 10.1. The van der Waals surface area contributed by atoms with E-state index in [-0.39, 0.29) is 0 Å². The van der Waals surface area contributed by atoms with Crippen molar-refractivity contribution in [2.45, 2.75) is 60.3 Å². The average molecular weight is 361 g/mol. The summed E-state index contributed by atoms with van der Waals surface area (Å²) in [5.74, 6) is 0. The van der Waals surface area contributed by atoms with Gasteiger partial charge in [-0.15, -0.1) is 0 Å². The van der Waals surface area contributed by atoms with Crippen molar-refractivity contribution in [3.05, 3.63) is 101 Å². The zero-order valence-corrected chi connectivity index (χ0v) is 17.8. The number of hydrogen-bond acceptors (Lipinski definition) is 0. The third kappa shape index (κ3) is 9.24. The maximum absolute atomic E-state index is 2.26. The summed E-state index contributed by atoms with van der Waals surface area (Å²) < 4.78 is 0. The first kappa shape index (κ1) is 22.7. The first-order chi connectivity index (χ1) is 13.1. The van der Waals surface area contributed by atoms with E-state index in [9.17, 15) is 0 Å². The summed E-state index contributed by atoms with van der Waals surface area (Å²) in [5, 5.41) is 0. The molecular formula is C27H36. The number of hydrogen-bond donors (Lipinski definition) is 0. The molecule has 0 aliphatic heterocycles. The fourth-order valence-corrected chi connectivity index (χ4v) is 2.90. The minimum atomic E-state index is 1.26. The molecule has 0 bridgehead atoms. The van der Waals surface area contributed by atoms with Crippen LogP contribution in [-0.4, -0.2) is 0 Å². The molecule has 0 nitrogen and oxygen atoms in total. The van der Waals surface area contributed by atoms with E-state index in [1.165, 1.54) is 42.4 Å². The predicted molar refractivity (Wildman–Crippen MR) is 124 cm³/mol. The topological polar surface area (TPSA) is 0 Å². The lowest BCUT2D eigenvalue weighted by molar-refractivity contribution is 0.683. The number of benzene rings is 1. The lowest BCUT2D eigenvalue weighted by Crippen LogP contribution is -1.94. The van der Waals surface area contributed by atoms with Crippen molar-refractivity contribution in [3.8, 4) is 0 Å². The van der Waals surface area contributed by atoms with Crippen LogP contribution in [0.3, 0.4) is 0 Å². The minimum absolute atomic E-state index is 1.26. The van der Waals surface area contributed by atoms with Crippen LogP contribution in [0.15, 0.2) is 95.7 Å². The Labute approximate surface area is 167 Å². The Hall–Kier alpha value is -2.34. The van der Waals surface area contributed by atoms with Gasteiger partial charge >= 0.3 is 0 Å². The number of allylic oxidation sites excluding steroid dienone is 12. The van der Waals surface area contributed by atoms with Gasteiger partial charge in [0.05, 0.1) is 0 Å². The third-order valence-corrected chi connectivity index (χ3v) is 4.80. The van der Waals surface area contributed by atoms with E-state index in [1.54, 1.807) is 11.1 Å². The summed E-state index contributed by atoms with van der Waals surface area (Å²) >= 11 is 0. The summed E-state index contributed by atoms with van der Waals surface area (Å²) in [5.41, 5.74) is 6.95. The summed E-state index contributed by atoms with van der Waals surface area (Å²) in [7, 11) is 0. The van der Waals surface area contributed by atoms with Crippen molar-refractivity contribution in [2.24, 2.45) is 0 Å².